The van der Waals surface area contributed by atoms with Crippen molar-refractivity contribution in [3.05, 3.63) is 20.3 Å². The standard InChI is InChI=1S/C10H16IN3O2/c1-9(2,10(3,4)16)14-7-6(11)8(15)13-5-12-7/h5,16H,1-4H3,(H2,12,13,14,15). The number of nitrogens with zero attached hydrogens (tertiary/aromatic N) is 1. The van der Waals surface area contributed by atoms with Crippen molar-refractivity contribution in [2.75, 3.05) is 5.32 Å². The first-order valence-corrected chi connectivity index (χ1v) is 5.97. The lowest BCUT2D eigenvalue weighted by Crippen LogP contribution is -2.51. The van der Waals surface area contributed by atoms with E-state index in [0.717, 1.165) is 0 Å². The zero-order valence-electron chi connectivity index (χ0n) is 9.76. The summed E-state index contributed by atoms with van der Waals surface area (Å²) in [4.78, 5) is 17.9. The van der Waals surface area contributed by atoms with Crippen LogP contribution in [0, 0.1) is 3.57 Å². The summed E-state index contributed by atoms with van der Waals surface area (Å²) in [6.07, 6.45) is 1.34. The van der Waals surface area contributed by atoms with Crippen LogP contribution in [0.3, 0.4) is 0 Å². The Morgan fingerprint density at radius 3 is 2.50 bits per heavy atom. The molecule has 0 amide bonds. The van der Waals surface area contributed by atoms with Gasteiger partial charge in [0.05, 0.1) is 17.5 Å². The van der Waals surface area contributed by atoms with Crippen molar-refractivity contribution in [1.82, 2.24) is 9.97 Å². The number of rotatable bonds is 3. The molecule has 0 aliphatic heterocycles. The molecular formula is C10H16IN3O2. The number of halogens is 1. The molecule has 3 N–H and O–H groups in total. The van der Waals surface area contributed by atoms with E-state index in [0.29, 0.717) is 9.39 Å². The topological polar surface area (TPSA) is 78.0 Å². The lowest BCUT2D eigenvalue weighted by molar-refractivity contribution is 0.0238. The van der Waals surface area contributed by atoms with Crippen LogP contribution in [-0.2, 0) is 0 Å². The smallest absolute Gasteiger partial charge is 0.266 e. The molecule has 0 aliphatic carbocycles. The Morgan fingerprint density at radius 1 is 1.44 bits per heavy atom. The zero-order chi connectivity index (χ0) is 12.6. The Hall–Kier alpha value is -0.630. The molecule has 1 rings (SSSR count). The average Bonchev–Trinajstić information content (AvgIpc) is 2.11. The Kier molecular flexibility index (Phi) is 3.63. The SMILES string of the molecule is CC(C)(O)C(C)(C)Nc1nc[nH]c(=O)c1I. The largest absolute Gasteiger partial charge is 0.388 e. The van der Waals surface area contributed by atoms with Crippen molar-refractivity contribution >= 4 is 28.4 Å². The van der Waals surface area contributed by atoms with Crippen LogP contribution in [-0.4, -0.2) is 26.2 Å². The monoisotopic (exact) mass is 337 g/mol. The fraction of sp³-hybridized carbons (Fsp3) is 0.600. The highest BCUT2D eigenvalue weighted by molar-refractivity contribution is 14.1. The van der Waals surface area contributed by atoms with Gasteiger partial charge in [0.1, 0.15) is 9.39 Å². The molecule has 1 heterocycles. The van der Waals surface area contributed by atoms with Crippen LogP contribution < -0.4 is 10.9 Å². The molecule has 6 heteroatoms. The van der Waals surface area contributed by atoms with Crippen LogP contribution in [0.2, 0.25) is 0 Å². The molecule has 0 saturated carbocycles. The molecule has 90 valence electrons. The predicted octanol–water partition coefficient (Wildman–Crippen LogP) is 1.34. The van der Waals surface area contributed by atoms with Gasteiger partial charge >= 0.3 is 0 Å². The Morgan fingerprint density at radius 2 is 2.00 bits per heavy atom. The number of aliphatic hydroxyl groups is 1. The van der Waals surface area contributed by atoms with Gasteiger partial charge in [-0.3, -0.25) is 4.79 Å². The predicted molar refractivity (Wildman–Crippen MR) is 71.6 cm³/mol. The number of H-pyrrole nitrogens is 1. The maximum absolute atomic E-state index is 11.4. The molecule has 1 aromatic rings. The molecule has 0 spiro atoms. The van der Waals surface area contributed by atoms with Crippen molar-refractivity contribution in [2.45, 2.75) is 38.8 Å². The van der Waals surface area contributed by atoms with Crippen LogP contribution in [0.5, 0.6) is 0 Å². The van der Waals surface area contributed by atoms with E-state index in [4.69, 9.17) is 0 Å². The van der Waals surface area contributed by atoms with E-state index in [9.17, 15) is 9.90 Å². The molecule has 0 aromatic carbocycles. The number of aromatic amines is 1. The fourth-order valence-corrected chi connectivity index (χ4v) is 1.35. The second-order valence-electron chi connectivity index (χ2n) is 4.70. The molecule has 0 saturated heterocycles. The summed E-state index contributed by atoms with van der Waals surface area (Å²) in [5, 5.41) is 13.1. The first-order chi connectivity index (χ1) is 7.15. The van der Waals surface area contributed by atoms with Crippen molar-refractivity contribution in [2.24, 2.45) is 0 Å². The average molecular weight is 337 g/mol. The third-order valence-corrected chi connectivity index (χ3v) is 3.76. The van der Waals surface area contributed by atoms with Crippen LogP contribution in [0.4, 0.5) is 5.82 Å². The lowest BCUT2D eigenvalue weighted by atomic mass is 9.86. The number of nitrogens with one attached hydrogen (secondary N) is 2. The summed E-state index contributed by atoms with van der Waals surface area (Å²) in [5.41, 5.74) is -1.71. The zero-order valence-corrected chi connectivity index (χ0v) is 11.9. The second-order valence-corrected chi connectivity index (χ2v) is 5.78. The van der Waals surface area contributed by atoms with Crippen molar-refractivity contribution in [1.29, 1.82) is 0 Å². The summed E-state index contributed by atoms with van der Waals surface area (Å²) in [6.45, 7) is 7.12. The Bertz CT molecular complexity index is 434. The van der Waals surface area contributed by atoms with E-state index in [-0.39, 0.29) is 5.56 Å². The van der Waals surface area contributed by atoms with E-state index >= 15 is 0 Å². The van der Waals surface area contributed by atoms with Gasteiger partial charge in [-0.15, -0.1) is 0 Å². The molecule has 0 radical (unpaired) electrons. The summed E-state index contributed by atoms with van der Waals surface area (Å²) in [5.74, 6) is 0.483. The van der Waals surface area contributed by atoms with Gasteiger partial charge in [-0.1, -0.05) is 0 Å². The van der Waals surface area contributed by atoms with E-state index in [1.807, 2.05) is 36.4 Å². The third-order valence-electron chi connectivity index (χ3n) is 2.76. The first-order valence-electron chi connectivity index (χ1n) is 4.89. The van der Waals surface area contributed by atoms with E-state index in [2.05, 4.69) is 15.3 Å². The molecule has 5 nitrogen and oxygen atoms in total. The van der Waals surface area contributed by atoms with Gasteiger partial charge < -0.3 is 15.4 Å². The first kappa shape index (κ1) is 13.4. The summed E-state index contributed by atoms with van der Waals surface area (Å²) >= 11 is 1.92. The number of hydrogen-bond donors (Lipinski definition) is 3. The lowest BCUT2D eigenvalue weighted by Gasteiger charge is -2.38. The van der Waals surface area contributed by atoms with Gasteiger partial charge in [0, 0.05) is 0 Å². The summed E-state index contributed by atoms with van der Waals surface area (Å²) in [7, 11) is 0. The maximum Gasteiger partial charge on any atom is 0.266 e. The number of hydrogen-bond acceptors (Lipinski definition) is 4. The van der Waals surface area contributed by atoms with Gasteiger partial charge in [0.2, 0.25) is 0 Å². The van der Waals surface area contributed by atoms with Gasteiger partial charge in [0.25, 0.3) is 5.56 Å². The maximum atomic E-state index is 11.4. The highest BCUT2D eigenvalue weighted by Gasteiger charge is 2.35. The third kappa shape index (κ3) is 2.73. The van der Waals surface area contributed by atoms with Gasteiger partial charge in [0.15, 0.2) is 0 Å². The minimum atomic E-state index is -0.930. The van der Waals surface area contributed by atoms with Gasteiger partial charge in [-0.05, 0) is 50.3 Å². The van der Waals surface area contributed by atoms with Crippen LogP contribution in [0.25, 0.3) is 0 Å². The summed E-state index contributed by atoms with van der Waals surface area (Å²) in [6, 6.07) is 0. The van der Waals surface area contributed by atoms with Crippen LogP contribution in [0.15, 0.2) is 11.1 Å². The minimum absolute atomic E-state index is 0.190. The molecule has 0 atom stereocenters. The second kappa shape index (κ2) is 4.33. The molecule has 0 bridgehead atoms. The van der Waals surface area contributed by atoms with Crippen molar-refractivity contribution < 1.29 is 5.11 Å². The fourth-order valence-electron chi connectivity index (χ4n) is 0.919. The quantitative estimate of drug-likeness (QED) is 0.728. The molecule has 0 fully saturated rings. The number of aromatic nitrogens is 2. The summed E-state index contributed by atoms with van der Waals surface area (Å²) < 4.78 is 0.484. The molecule has 1 aromatic heterocycles. The Labute approximate surface area is 108 Å². The normalized spacial score (nSPS) is 12.6. The van der Waals surface area contributed by atoms with Gasteiger partial charge in [-0.2, -0.15) is 0 Å². The minimum Gasteiger partial charge on any atom is -0.388 e. The highest BCUT2D eigenvalue weighted by atomic mass is 127. The molecule has 0 unspecified atom stereocenters. The van der Waals surface area contributed by atoms with E-state index < -0.39 is 11.1 Å². The van der Waals surface area contributed by atoms with E-state index in [1.165, 1.54) is 6.33 Å². The molecular weight excluding hydrogens is 321 g/mol. The van der Waals surface area contributed by atoms with Crippen molar-refractivity contribution in [3.8, 4) is 0 Å². The molecule has 16 heavy (non-hydrogen) atoms. The van der Waals surface area contributed by atoms with Crippen molar-refractivity contribution in [3.63, 3.8) is 0 Å². The molecule has 0 aliphatic rings. The van der Waals surface area contributed by atoms with Crippen LogP contribution >= 0.6 is 22.6 Å². The number of anilines is 1. The highest BCUT2D eigenvalue weighted by Crippen LogP contribution is 2.25. The van der Waals surface area contributed by atoms with Gasteiger partial charge in [-0.25, -0.2) is 4.98 Å². The van der Waals surface area contributed by atoms with E-state index in [1.54, 1.807) is 13.8 Å². The Balaban J connectivity index is 3.06. The van der Waals surface area contributed by atoms with Crippen LogP contribution in [0.1, 0.15) is 27.7 Å².